The second-order valence-electron chi connectivity index (χ2n) is 5.40. The lowest BCUT2D eigenvalue weighted by Crippen LogP contribution is -1.98. The summed E-state index contributed by atoms with van der Waals surface area (Å²) in [7, 11) is 0. The molecule has 5 heteroatoms. The Hall–Kier alpha value is -3.34. The van der Waals surface area contributed by atoms with Gasteiger partial charge in [0.15, 0.2) is 6.29 Å². The molecule has 0 fully saturated rings. The highest BCUT2D eigenvalue weighted by Crippen LogP contribution is 2.36. The predicted molar refractivity (Wildman–Crippen MR) is 87.3 cm³/mol. The van der Waals surface area contributed by atoms with E-state index in [-0.39, 0.29) is 11.3 Å². The number of aromatic hydroxyl groups is 1. The number of hydrogen-bond acceptors (Lipinski definition) is 3. The summed E-state index contributed by atoms with van der Waals surface area (Å²) in [6.07, 6.45) is 0.701. The Balaban J connectivity index is 2.26. The summed E-state index contributed by atoms with van der Waals surface area (Å²) in [6.45, 7) is 0. The summed E-state index contributed by atoms with van der Waals surface area (Å²) in [4.78, 5) is 26.0. The molecule has 0 atom stereocenters. The van der Waals surface area contributed by atoms with Gasteiger partial charge in [0.05, 0.1) is 5.52 Å². The maximum Gasteiger partial charge on any atom is 0.339 e. The molecule has 0 aliphatic heterocycles. The van der Waals surface area contributed by atoms with E-state index in [1.807, 2.05) is 24.3 Å². The molecule has 112 valence electrons. The molecule has 0 unspecified atom stereocenters. The van der Waals surface area contributed by atoms with Crippen LogP contribution in [-0.4, -0.2) is 27.5 Å². The van der Waals surface area contributed by atoms with Crippen LogP contribution in [0.2, 0.25) is 0 Å². The van der Waals surface area contributed by atoms with Crippen LogP contribution in [0, 0.1) is 0 Å². The number of hydrogen-bond donors (Lipinski definition) is 3. The number of carbonyl (C=O) groups is 2. The molecule has 0 saturated heterocycles. The number of carbonyl (C=O) groups excluding carboxylic acids is 1. The van der Waals surface area contributed by atoms with Crippen molar-refractivity contribution in [3.8, 4) is 5.75 Å². The van der Waals surface area contributed by atoms with Crippen LogP contribution < -0.4 is 0 Å². The van der Waals surface area contributed by atoms with Gasteiger partial charge in [0.25, 0.3) is 0 Å². The fourth-order valence-electron chi connectivity index (χ4n) is 3.06. The van der Waals surface area contributed by atoms with E-state index in [0.29, 0.717) is 22.6 Å². The highest BCUT2D eigenvalue weighted by molar-refractivity contribution is 6.21. The maximum atomic E-state index is 11.5. The molecule has 23 heavy (non-hydrogen) atoms. The lowest BCUT2D eigenvalue weighted by molar-refractivity contribution is 0.0693. The first kappa shape index (κ1) is 13.3. The van der Waals surface area contributed by atoms with Gasteiger partial charge in [0.1, 0.15) is 11.3 Å². The Bertz CT molecular complexity index is 1120. The number of fused-ring (bicyclic) bond motifs is 5. The Morgan fingerprint density at radius 3 is 2.48 bits per heavy atom. The highest BCUT2D eigenvalue weighted by Gasteiger charge is 2.16. The molecule has 4 aromatic rings. The molecule has 0 saturated carbocycles. The smallest absolute Gasteiger partial charge is 0.339 e. The molecule has 0 radical (unpaired) electrons. The Kier molecular flexibility index (Phi) is 2.65. The maximum absolute atomic E-state index is 11.5. The van der Waals surface area contributed by atoms with Gasteiger partial charge < -0.3 is 15.2 Å². The van der Waals surface area contributed by atoms with Gasteiger partial charge in [0.2, 0.25) is 0 Å². The molecule has 0 spiro atoms. The molecular formula is C18H11NO4. The minimum Gasteiger partial charge on any atom is -0.507 e. The minimum absolute atomic E-state index is 0.226. The average Bonchev–Trinajstić information content (AvgIpc) is 2.92. The van der Waals surface area contributed by atoms with Gasteiger partial charge in [-0.05, 0) is 29.7 Å². The minimum atomic E-state index is -1.24. The van der Waals surface area contributed by atoms with Gasteiger partial charge >= 0.3 is 5.97 Å². The first-order valence-corrected chi connectivity index (χ1v) is 6.99. The summed E-state index contributed by atoms with van der Waals surface area (Å²) < 4.78 is 0. The van der Waals surface area contributed by atoms with Crippen LogP contribution >= 0.6 is 0 Å². The number of phenols is 1. The quantitative estimate of drug-likeness (QED) is 0.493. The third-order valence-corrected chi connectivity index (χ3v) is 4.12. The van der Waals surface area contributed by atoms with Crippen LogP contribution in [0.25, 0.3) is 32.6 Å². The van der Waals surface area contributed by atoms with Crippen molar-refractivity contribution in [1.82, 2.24) is 4.98 Å². The van der Waals surface area contributed by atoms with E-state index >= 15 is 0 Å². The number of aldehydes is 1. The summed E-state index contributed by atoms with van der Waals surface area (Å²) in [5, 5.41) is 22.1. The summed E-state index contributed by atoms with van der Waals surface area (Å²) >= 11 is 0. The summed E-state index contributed by atoms with van der Waals surface area (Å²) in [5.74, 6) is -1.56. The molecule has 0 amide bonds. The second-order valence-corrected chi connectivity index (χ2v) is 5.40. The van der Waals surface area contributed by atoms with Crippen LogP contribution in [0.3, 0.4) is 0 Å². The van der Waals surface area contributed by atoms with E-state index in [1.165, 1.54) is 12.1 Å². The zero-order valence-corrected chi connectivity index (χ0v) is 11.8. The monoisotopic (exact) mass is 305 g/mol. The number of rotatable bonds is 2. The van der Waals surface area contributed by atoms with Gasteiger partial charge in [-0.3, -0.25) is 4.79 Å². The first-order chi connectivity index (χ1) is 11.1. The number of carboxylic acid groups (broad SMARTS) is 1. The van der Waals surface area contributed by atoms with E-state index in [9.17, 15) is 14.7 Å². The van der Waals surface area contributed by atoms with Gasteiger partial charge in [-0.1, -0.05) is 18.2 Å². The number of carboxylic acids is 1. The number of nitrogens with one attached hydrogen (secondary N) is 1. The molecule has 0 aliphatic rings. The standard InChI is InChI=1S/C18H11NO4/c20-8-9-5-12-10-3-1-2-4-15(10)19-17(12)13-7-16(21)14(18(22)23)6-11(9)13/h1-8,19,21H,(H,22,23). The molecule has 5 nitrogen and oxygen atoms in total. The lowest BCUT2D eigenvalue weighted by Gasteiger charge is -2.07. The van der Waals surface area contributed by atoms with Crippen molar-refractivity contribution in [2.45, 2.75) is 0 Å². The Labute approximate surface area is 129 Å². The number of benzene rings is 3. The van der Waals surface area contributed by atoms with Crippen LogP contribution in [0.15, 0.2) is 42.5 Å². The average molecular weight is 305 g/mol. The second kappa shape index (κ2) is 4.58. The first-order valence-electron chi connectivity index (χ1n) is 6.99. The SMILES string of the molecule is O=Cc1cc2c3ccccc3[nH]c2c2cc(O)c(C(=O)O)cc12. The van der Waals surface area contributed by atoms with E-state index in [0.717, 1.165) is 21.8 Å². The van der Waals surface area contributed by atoms with Crippen molar-refractivity contribution in [2.75, 3.05) is 0 Å². The third kappa shape index (κ3) is 1.80. The molecule has 1 aromatic heterocycles. The van der Waals surface area contributed by atoms with Crippen molar-refractivity contribution in [3.63, 3.8) is 0 Å². The van der Waals surface area contributed by atoms with Crippen molar-refractivity contribution >= 4 is 44.8 Å². The van der Waals surface area contributed by atoms with E-state index in [4.69, 9.17) is 5.11 Å². The normalized spacial score (nSPS) is 11.3. The number of aromatic amines is 1. The van der Waals surface area contributed by atoms with Crippen LogP contribution in [0.1, 0.15) is 20.7 Å². The van der Waals surface area contributed by atoms with Crippen LogP contribution in [0.4, 0.5) is 0 Å². The number of H-pyrrole nitrogens is 1. The number of para-hydroxylation sites is 1. The fraction of sp³-hybridized carbons (Fsp3) is 0. The van der Waals surface area contributed by atoms with Gasteiger partial charge in [0, 0.05) is 27.2 Å². The van der Waals surface area contributed by atoms with Gasteiger partial charge in [-0.25, -0.2) is 4.79 Å². The third-order valence-electron chi connectivity index (χ3n) is 4.12. The molecule has 4 rings (SSSR count). The van der Waals surface area contributed by atoms with Crippen molar-refractivity contribution in [2.24, 2.45) is 0 Å². The summed E-state index contributed by atoms with van der Waals surface area (Å²) in [5.41, 5.74) is 1.84. The fourth-order valence-corrected chi connectivity index (χ4v) is 3.06. The topological polar surface area (TPSA) is 90.4 Å². The Morgan fingerprint density at radius 2 is 1.74 bits per heavy atom. The zero-order chi connectivity index (χ0) is 16.1. The lowest BCUT2D eigenvalue weighted by atomic mass is 9.98. The zero-order valence-electron chi connectivity index (χ0n) is 11.8. The molecule has 0 aliphatic carbocycles. The van der Waals surface area contributed by atoms with Crippen LogP contribution in [0.5, 0.6) is 5.75 Å². The van der Waals surface area contributed by atoms with E-state index in [1.54, 1.807) is 6.07 Å². The van der Waals surface area contributed by atoms with Gasteiger partial charge in [-0.2, -0.15) is 0 Å². The number of aromatic nitrogens is 1. The molecule has 3 aromatic carbocycles. The predicted octanol–water partition coefficient (Wildman–Crippen LogP) is 3.69. The van der Waals surface area contributed by atoms with Crippen LogP contribution in [-0.2, 0) is 0 Å². The highest BCUT2D eigenvalue weighted by atomic mass is 16.4. The van der Waals surface area contributed by atoms with Crippen molar-refractivity contribution in [1.29, 1.82) is 0 Å². The Morgan fingerprint density at radius 1 is 1.00 bits per heavy atom. The van der Waals surface area contributed by atoms with Crippen molar-refractivity contribution in [3.05, 3.63) is 53.6 Å². The molecule has 0 bridgehead atoms. The molecule has 1 heterocycles. The number of aromatic carboxylic acids is 1. The largest absolute Gasteiger partial charge is 0.507 e. The summed E-state index contributed by atoms with van der Waals surface area (Å²) in [6, 6.07) is 12.1. The molecule has 3 N–H and O–H groups in total. The molecular weight excluding hydrogens is 294 g/mol. The van der Waals surface area contributed by atoms with E-state index in [2.05, 4.69) is 4.98 Å². The van der Waals surface area contributed by atoms with Crippen molar-refractivity contribution < 1.29 is 19.8 Å². The van der Waals surface area contributed by atoms with Gasteiger partial charge in [-0.15, -0.1) is 0 Å². The van der Waals surface area contributed by atoms with E-state index < -0.39 is 5.97 Å².